The first-order chi connectivity index (χ1) is 11.6. The van der Waals surface area contributed by atoms with Gasteiger partial charge in [-0.25, -0.2) is 0 Å². The summed E-state index contributed by atoms with van der Waals surface area (Å²) in [7, 11) is -9.61. The molecule has 1 aliphatic heterocycles. The highest BCUT2D eigenvalue weighted by Gasteiger charge is 2.67. The van der Waals surface area contributed by atoms with Gasteiger partial charge in [0.15, 0.2) is 10.3 Å². The number of fused-ring (bicyclic) bond motifs is 1. The van der Waals surface area contributed by atoms with Gasteiger partial charge in [-0.2, -0.15) is 27.1 Å². The molecule has 0 saturated heterocycles. The SMILES string of the molecule is CCCCCCCC1=Cc2ccccc2S1(O[Cl+3]([O-])([O-])[O-])C(F)(F)F. The van der Waals surface area contributed by atoms with Crippen molar-refractivity contribution in [2.24, 2.45) is 0 Å². The van der Waals surface area contributed by atoms with Gasteiger partial charge >= 0.3 is 5.51 Å². The van der Waals surface area contributed by atoms with Crippen LogP contribution in [0.4, 0.5) is 13.2 Å². The van der Waals surface area contributed by atoms with E-state index in [1.54, 1.807) is 6.07 Å². The van der Waals surface area contributed by atoms with Gasteiger partial charge in [-0.05, 0) is 30.5 Å². The largest absolute Gasteiger partial charge is 0.468 e. The van der Waals surface area contributed by atoms with Gasteiger partial charge in [0.2, 0.25) is 0 Å². The predicted octanol–water partition coefficient (Wildman–Crippen LogP) is 2.91. The molecule has 1 aromatic rings. The molecule has 0 amide bonds. The Morgan fingerprint density at radius 2 is 1.68 bits per heavy atom. The number of allylic oxidation sites excluding steroid dienone is 1. The van der Waals surface area contributed by atoms with Crippen LogP contribution in [0, 0.1) is 10.2 Å². The molecule has 0 aromatic heterocycles. The second-order valence-electron chi connectivity index (χ2n) is 5.76. The van der Waals surface area contributed by atoms with E-state index < -0.39 is 26.1 Å². The Hall–Kier alpha value is -0.770. The highest BCUT2D eigenvalue weighted by molar-refractivity contribution is 8.34. The van der Waals surface area contributed by atoms with Crippen molar-refractivity contribution >= 4 is 16.4 Å². The third-order valence-electron chi connectivity index (χ3n) is 3.94. The second kappa shape index (κ2) is 7.85. The van der Waals surface area contributed by atoms with Gasteiger partial charge in [0.25, 0.3) is 0 Å². The molecule has 1 heterocycles. The van der Waals surface area contributed by atoms with E-state index in [-0.39, 0.29) is 21.8 Å². The smallest absolute Gasteiger partial charge is 0.182 e. The summed E-state index contributed by atoms with van der Waals surface area (Å²) in [5, 5.41) is 0. The van der Waals surface area contributed by atoms with Gasteiger partial charge in [0.05, 0.1) is 10.2 Å². The van der Waals surface area contributed by atoms with Gasteiger partial charge in [-0.15, -0.1) is 0 Å². The summed E-state index contributed by atoms with van der Waals surface area (Å²) < 4.78 is 79.4. The van der Waals surface area contributed by atoms with Gasteiger partial charge < -0.3 is 0 Å². The summed E-state index contributed by atoms with van der Waals surface area (Å²) in [6, 6.07) is 5.58. The van der Waals surface area contributed by atoms with Gasteiger partial charge in [-0.3, -0.25) is 0 Å². The molecule has 0 saturated carbocycles. The van der Waals surface area contributed by atoms with Crippen LogP contribution in [0.3, 0.4) is 0 Å². The third-order valence-corrected chi connectivity index (χ3v) is 8.02. The zero-order valence-electron chi connectivity index (χ0n) is 13.7. The highest BCUT2D eigenvalue weighted by atomic mass is 35.7. The number of unbranched alkanes of at least 4 members (excludes halogenated alkanes) is 4. The van der Waals surface area contributed by atoms with Crippen molar-refractivity contribution < 1.29 is 41.1 Å². The normalized spacial score (nSPS) is 23.1. The van der Waals surface area contributed by atoms with E-state index in [2.05, 4.69) is 3.74 Å². The molecule has 4 nitrogen and oxygen atoms in total. The van der Waals surface area contributed by atoms with Gasteiger partial charge in [-0.1, -0.05) is 50.8 Å². The fraction of sp³-hybridized carbons (Fsp3) is 0.500. The molecule has 1 unspecified atom stereocenters. The number of hydrogen-bond donors (Lipinski definition) is 0. The van der Waals surface area contributed by atoms with Crippen LogP contribution < -0.4 is 14.0 Å². The first-order valence-corrected chi connectivity index (χ1v) is 10.7. The minimum absolute atomic E-state index is 0.0400. The monoisotopic (exact) mass is 400 g/mol. The third kappa shape index (κ3) is 4.50. The molecule has 0 spiro atoms. The minimum Gasteiger partial charge on any atom is -0.182 e. The van der Waals surface area contributed by atoms with Crippen LogP contribution in [0.2, 0.25) is 0 Å². The molecule has 0 fully saturated rings. The summed E-state index contributed by atoms with van der Waals surface area (Å²) >= 11 is 0. The average molecular weight is 401 g/mol. The van der Waals surface area contributed by atoms with Crippen molar-refractivity contribution in [1.82, 2.24) is 0 Å². The van der Waals surface area contributed by atoms with E-state index in [4.69, 9.17) is 0 Å². The van der Waals surface area contributed by atoms with E-state index in [1.165, 1.54) is 24.3 Å². The summed E-state index contributed by atoms with van der Waals surface area (Å²) in [4.78, 5) is -0.442. The molecule has 1 aliphatic rings. The fourth-order valence-corrected chi connectivity index (χ4v) is 6.97. The molecule has 0 bridgehead atoms. The Kier molecular flexibility index (Phi) is 6.45. The number of rotatable bonds is 8. The predicted molar refractivity (Wildman–Crippen MR) is 80.8 cm³/mol. The maximum absolute atomic E-state index is 14.0. The quantitative estimate of drug-likeness (QED) is 0.628. The Morgan fingerprint density at radius 3 is 2.28 bits per heavy atom. The van der Waals surface area contributed by atoms with E-state index in [0.717, 1.165) is 25.7 Å². The van der Waals surface area contributed by atoms with E-state index in [1.807, 2.05) is 6.92 Å². The summed E-state index contributed by atoms with van der Waals surface area (Å²) in [6.07, 6.45) is 5.45. The first-order valence-electron chi connectivity index (χ1n) is 7.93. The zero-order valence-corrected chi connectivity index (χ0v) is 15.3. The van der Waals surface area contributed by atoms with Crippen LogP contribution >= 0.6 is 10.3 Å². The molecule has 9 heteroatoms. The van der Waals surface area contributed by atoms with Crippen LogP contribution in [-0.4, -0.2) is 5.51 Å². The lowest BCUT2D eigenvalue weighted by Gasteiger charge is -2.34. The summed E-state index contributed by atoms with van der Waals surface area (Å²) in [5.74, 6) is 0. The summed E-state index contributed by atoms with van der Waals surface area (Å²) in [6.45, 7) is 2.03. The van der Waals surface area contributed by atoms with Crippen LogP contribution in [-0.2, 0) is 3.74 Å². The maximum atomic E-state index is 14.0. The molecular formula is C16H20ClF3O4S. The number of hydrogen-bond acceptors (Lipinski definition) is 4. The first kappa shape index (κ1) is 20.5. The molecule has 0 radical (unpaired) electrons. The van der Waals surface area contributed by atoms with Gasteiger partial charge in [0.1, 0.15) is 3.74 Å². The Bertz CT molecular complexity index is 631. The molecule has 1 aromatic carbocycles. The second-order valence-corrected chi connectivity index (χ2v) is 9.55. The Morgan fingerprint density at radius 1 is 1.04 bits per heavy atom. The number of halogens is 4. The molecule has 0 aliphatic carbocycles. The van der Waals surface area contributed by atoms with Crippen LogP contribution in [0.1, 0.15) is 51.0 Å². The van der Waals surface area contributed by atoms with E-state index in [9.17, 15) is 27.1 Å². The van der Waals surface area contributed by atoms with Crippen LogP contribution in [0.25, 0.3) is 6.08 Å². The lowest BCUT2D eigenvalue weighted by molar-refractivity contribution is -1.91. The molecule has 0 N–H and O–H groups in total. The molecule has 142 valence electrons. The zero-order chi connectivity index (χ0) is 18.7. The maximum Gasteiger partial charge on any atom is 0.468 e. The lowest BCUT2D eigenvalue weighted by atomic mass is 10.1. The van der Waals surface area contributed by atoms with Crippen molar-refractivity contribution in [2.45, 2.75) is 55.9 Å². The number of benzene rings is 1. The average Bonchev–Trinajstić information content (AvgIpc) is 2.80. The van der Waals surface area contributed by atoms with Crippen molar-refractivity contribution in [3.63, 3.8) is 0 Å². The summed E-state index contributed by atoms with van der Waals surface area (Å²) in [5.41, 5.74) is -4.75. The lowest BCUT2D eigenvalue weighted by Crippen LogP contribution is -2.61. The topological polar surface area (TPSA) is 78.4 Å². The Balaban J connectivity index is 2.38. The van der Waals surface area contributed by atoms with Crippen molar-refractivity contribution in [3.05, 3.63) is 34.7 Å². The minimum atomic E-state index is -5.23. The molecular weight excluding hydrogens is 381 g/mol. The fourth-order valence-electron chi connectivity index (χ4n) is 2.88. The van der Waals surface area contributed by atoms with E-state index in [0.29, 0.717) is 6.42 Å². The molecule has 2 rings (SSSR count). The standard InChI is InChI=1S/C16H20ClF3O4S/c1-2-3-4-5-6-10-14-12-13-9-7-8-11-15(13)25(14,16(18,19)20)24-17(21,22)23/h7-9,11-12H,2-6,10H2,1H3. The number of alkyl halides is 3. The van der Waals surface area contributed by atoms with Gasteiger partial charge in [0, 0.05) is 9.80 Å². The van der Waals surface area contributed by atoms with E-state index >= 15 is 0 Å². The molecule has 25 heavy (non-hydrogen) atoms. The van der Waals surface area contributed by atoms with Crippen molar-refractivity contribution in [3.8, 4) is 0 Å². The highest BCUT2D eigenvalue weighted by Crippen LogP contribution is 2.78. The molecule has 1 atom stereocenters. The van der Waals surface area contributed by atoms with Crippen LogP contribution in [0.5, 0.6) is 0 Å². The van der Waals surface area contributed by atoms with Crippen molar-refractivity contribution in [1.29, 1.82) is 0 Å². The Labute approximate surface area is 148 Å². The van der Waals surface area contributed by atoms with Crippen molar-refractivity contribution in [2.75, 3.05) is 0 Å². The van der Waals surface area contributed by atoms with Crippen LogP contribution in [0.15, 0.2) is 34.1 Å².